The Kier molecular flexibility index (Phi) is 20.6. The molecule has 3 aliphatic heterocycles. The van der Waals surface area contributed by atoms with E-state index < -0.39 is 11.7 Å². The number of anilines is 1. The van der Waals surface area contributed by atoms with Crippen molar-refractivity contribution in [1.29, 1.82) is 5.26 Å². The number of hydrogen-bond acceptors (Lipinski definition) is 10. The van der Waals surface area contributed by atoms with E-state index in [1.807, 2.05) is 78.9 Å². The number of halogens is 3. The van der Waals surface area contributed by atoms with Crippen LogP contribution in [0.3, 0.4) is 0 Å². The van der Waals surface area contributed by atoms with Gasteiger partial charge in [0.2, 0.25) is 5.91 Å². The molecule has 0 spiro atoms. The second-order valence-corrected chi connectivity index (χ2v) is 16.6. The Labute approximate surface area is 447 Å². The van der Waals surface area contributed by atoms with Gasteiger partial charge >= 0.3 is 6.18 Å². The van der Waals surface area contributed by atoms with Crippen LogP contribution in [0.5, 0.6) is 5.75 Å². The molecule has 9 heterocycles. The van der Waals surface area contributed by atoms with E-state index in [2.05, 4.69) is 65.0 Å². The Bertz CT molecular complexity index is 3110. The van der Waals surface area contributed by atoms with E-state index in [-0.39, 0.29) is 48.9 Å². The number of alkyl halides is 3. The summed E-state index contributed by atoms with van der Waals surface area (Å²) in [6, 6.07) is 34.0. The molecule has 3 aliphatic rings. The Morgan fingerprint density at radius 1 is 0.733 bits per heavy atom. The maximum absolute atomic E-state index is 14.3. The third kappa shape index (κ3) is 15.1. The number of carbonyl (C=O) groups is 1. The van der Waals surface area contributed by atoms with E-state index >= 15 is 0 Å². The summed E-state index contributed by atoms with van der Waals surface area (Å²) in [6.07, 6.45) is 30.0. The maximum atomic E-state index is 14.3. The Balaban J connectivity index is 0.000000273. The Morgan fingerprint density at radius 3 is 1.84 bits per heavy atom. The summed E-state index contributed by atoms with van der Waals surface area (Å²) >= 11 is 0. The van der Waals surface area contributed by atoms with Gasteiger partial charge in [-0.25, -0.2) is 0 Å². The van der Waals surface area contributed by atoms with Gasteiger partial charge in [-0.3, -0.25) is 34.7 Å². The molecule has 6 aromatic heterocycles. The van der Waals surface area contributed by atoms with Crippen LogP contribution in [-0.4, -0.2) is 55.1 Å². The monoisotopic (exact) mass is 1090 g/mol. The van der Waals surface area contributed by atoms with Gasteiger partial charge in [0.15, 0.2) is 0 Å². The smallest absolute Gasteiger partial charge is 0.417 e. The number of nitriles is 1. The van der Waals surface area contributed by atoms with Crippen molar-refractivity contribution in [2.75, 3.05) is 18.0 Å². The fourth-order valence-electron chi connectivity index (χ4n) is 8.33. The van der Waals surface area contributed by atoms with Crippen LogP contribution >= 0.6 is 0 Å². The molecule has 0 saturated carbocycles. The normalized spacial score (nSPS) is 13.6. The van der Waals surface area contributed by atoms with Crippen LogP contribution in [0, 0.1) is 36.5 Å². The van der Waals surface area contributed by atoms with Crippen molar-refractivity contribution in [3.63, 3.8) is 0 Å². The third-order valence-electron chi connectivity index (χ3n) is 11.7. The number of carbonyl (C=O) groups excluding carboxylic acids is 1. The van der Waals surface area contributed by atoms with Crippen molar-refractivity contribution in [3.8, 4) is 71.2 Å². The fourth-order valence-corrected chi connectivity index (χ4v) is 8.33. The molecule has 1 amide bonds. The van der Waals surface area contributed by atoms with Gasteiger partial charge in [-0.1, -0.05) is 36.4 Å². The summed E-state index contributed by atoms with van der Waals surface area (Å²) in [5, 5.41) is 12.7. The standard InChI is InChI=1S/C38H32F3N5O2.2C10H8N2.C2H2.Ru/c1-2-3-12-35(47)45-24-25-13-15-43-33(19-25)34-21-26(14-16-44-34)28(23-42)8-4-5-10-29-22-32(38(39,40)41)31-20-27-9-6-17-46-18-7-11-30(36(27)46)37(31)48-29;2*1-3-7-11-9(5-1)10-6-2-4-8-12-10;1-2;/h1,4-5,8,10,13-16,19-22H,3,6-7,9,11-12,17-18,24H2,(H,45,47);2*1-8H;1-2H;/b5-4+,28-8+,29-10-;;;;. The van der Waals surface area contributed by atoms with Crippen LogP contribution < -0.4 is 15.0 Å². The average Bonchev–Trinajstić information content (AvgIpc) is 3.46. The largest absolute Gasteiger partial charge is 0.456 e. The molecule has 0 fully saturated rings. The van der Waals surface area contributed by atoms with Gasteiger partial charge in [0, 0.05) is 106 Å². The summed E-state index contributed by atoms with van der Waals surface area (Å²) in [7, 11) is 0. The molecule has 15 heteroatoms. The molecule has 0 atom stereocenters. The number of ether oxygens (including phenoxy) is 1. The van der Waals surface area contributed by atoms with Gasteiger partial charge < -0.3 is 15.0 Å². The number of pyridine rings is 6. The summed E-state index contributed by atoms with van der Waals surface area (Å²) in [4.78, 5) is 39.7. The summed E-state index contributed by atoms with van der Waals surface area (Å²) in [5.41, 5.74) is 8.72. The number of hydrogen-bond donors (Lipinski definition) is 1. The topological polar surface area (TPSA) is 143 Å². The van der Waals surface area contributed by atoms with E-state index in [1.165, 1.54) is 6.08 Å². The van der Waals surface area contributed by atoms with Crippen LogP contribution in [0.1, 0.15) is 53.5 Å². The van der Waals surface area contributed by atoms with Crippen LogP contribution in [-0.2, 0) is 43.7 Å². The first kappa shape index (κ1) is 55.5. The van der Waals surface area contributed by atoms with Gasteiger partial charge in [0.1, 0.15) is 11.5 Å². The maximum Gasteiger partial charge on any atom is 0.417 e. The van der Waals surface area contributed by atoms with Crippen molar-refractivity contribution in [2.45, 2.75) is 51.2 Å². The van der Waals surface area contributed by atoms with Gasteiger partial charge in [0.25, 0.3) is 0 Å². The molecule has 1 aromatic carbocycles. The second kappa shape index (κ2) is 27.8. The molecular formula is C60H50F3N9O2Ru. The number of aromatic nitrogens is 6. The van der Waals surface area contributed by atoms with Gasteiger partial charge in [0.05, 0.1) is 51.4 Å². The third-order valence-corrected chi connectivity index (χ3v) is 11.7. The van der Waals surface area contributed by atoms with Crippen molar-refractivity contribution >= 4 is 22.7 Å². The first-order valence-corrected chi connectivity index (χ1v) is 23.7. The van der Waals surface area contributed by atoms with Crippen LogP contribution in [0.25, 0.3) is 45.3 Å². The van der Waals surface area contributed by atoms with Crippen LogP contribution in [0.15, 0.2) is 176 Å². The van der Waals surface area contributed by atoms with E-state index in [0.717, 1.165) is 83.6 Å². The molecule has 1 N–H and O–H groups in total. The zero-order chi connectivity index (χ0) is 52.1. The zero-order valence-electron chi connectivity index (χ0n) is 40.6. The van der Waals surface area contributed by atoms with E-state index in [0.29, 0.717) is 41.9 Å². The molecule has 75 heavy (non-hydrogen) atoms. The summed E-state index contributed by atoms with van der Waals surface area (Å²) in [5.74, 6) is 2.66. The quantitative estimate of drug-likeness (QED) is 0.0609. The number of rotatable bonds is 10. The number of aryl methyl sites for hydroxylation is 1. The van der Waals surface area contributed by atoms with E-state index in [9.17, 15) is 23.2 Å². The zero-order valence-corrected chi connectivity index (χ0v) is 42.4. The van der Waals surface area contributed by atoms with Crippen molar-refractivity contribution < 1.29 is 42.2 Å². The number of allylic oxidation sites excluding steroid dienone is 7. The Morgan fingerprint density at radius 2 is 1.29 bits per heavy atom. The van der Waals surface area contributed by atoms with Crippen LogP contribution in [0.2, 0.25) is 0 Å². The molecule has 376 valence electrons. The molecule has 7 aromatic rings. The van der Waals surface area contributed by atoms with Crippen molar-refractivity contribution in [1.82, 2.24) is 35.2 Å². The first-order valence-electron chi connectivity index (χ1n) is 23.7. The van der Waals surface area contributed by atoms with Gasteiger partial charge in [-0.15, -0.1) is 25.2 Å². The minimum absolute atomic E-state index is 0. The van der Waals surface area contributed by atoms with E-state index in [1.54, 1.807) is 79.7 Å². The predicted octanol–water partition coefficient (Wildman–Crippen LogP) is 11.8. The number of fused-ring (bicyclic) bond motifs is 2. The average molecular weight is 1090 g/mol. The first-order chi connectivity index (χ1) is 36.2. The SMILES string of the molecule is C#C.C#CCCC(=O)NCc1ccnc(-c2cc(/C(C#N)=C/C=C/C=C3/C=C(C(F)(F)F)c4cc5c6c(c4O3)CCCN6CCC5)ccn2)c1.[Ru].c1ccc(-c2ccccn2)nc1.c1ccc(-c2ccccn2)nc1. The summed E-state index contributed by atoms with van der Waals surface area (Å²) < 4.78 is 49.1. The minimum atomic E-state index is -4.55. The van der Waals surface area contributed by atoms with Gasteiger partial charge in [-0.2, -0.15) is 18.4 Å². The second-order valence-electron chi connectivity index (χ2n) is 16.6. The molecule has 0 bridgehead atoms. The van der Waals surface area contributed by atoms with Crippen molar-refractivity contribution in [3.05, 3.63) is 204 Å². The summed E-state index contributed by atoms with van der Waals surface area (Å²) in [6.45, 7) is 2.10. The van der Waals surface area contributed by atoms with Crippen LogP contribution in [0.4, 0.5) is 18.9 Å². The number of nitrogens with one attached hydrogen (secondary N) is 1. The molecule has 0 radical (unpaired) electrons. The Hall–Kier alpha value is -8.83. The van der Waals surface area contributed by atoms with Crippen molar-refractivity contribution in [2.24, 2.45) is 0 Å². The fraction of sp³-hybridized carbons (Fsp3) is 0.167. The molecule has 11 nitrogen and oxygen atoms in total. The number of terminal acetylenes is 2. The molecule has 0 unspecified atom stereocenters. The minimum Gasteiger partial charge on any atom is -0.456 e. The van der Waals surface area contributed by atoms with Gasteiger partial charge in [-0.05, 0) is 139 Å². The van der Waals surface area contributed by atoms with E-state index in [4.69, 9.17) is 11.2 Å². The number of nitrogens with zero attached hydrogens (tertiary/aromatic N) is 8. The molecular weight excluding hydrogens is 1040 g/mol. The predicted molar refractivity (Wildman–Crippen MR) is 283 cm³/mol. The number of benzene rings is 1. The number of amides is 1. The molecule has 0 saturated heterocycles. The molecule has 0 aliphatic carbocycles. The molecule has 10 rings (SSSR count).